The van der Waals surface area contributed by atoms with Gasteiger partial charge >= 0.3 is 0 Å². The lowest BCUT2D eigenvalue weighted by Gasteiger charge is -2.40. The first kappa shape index (κ1) is 33.7. The van der Waals surface area contributed by atoms with E-state index >= 15 is 0 Å². The van der Waals surface area contributed by atoms with Crippen LogP contribution in [-0.4, -0.2) is 0 Å². The molecule has 2 heteroatoms. The van der Waals surface area contributed by atoms with Crippen molar-refractivity contribution < 1.29 is 4.74 Å². The number of rotatable bonds is 5. The maximum absolute atomic E-state index is 6.85. The molecule has 3 aliphatic rings. The molecule has 0 saturated heterocycles. The van der Waals surface area contributed by atoms with Gasteiger partial charge in [-0.15, -0.1) is 0 Å². The Kier molecular flexibility index (Phi) is 7.31. The van der Waals surface area contributed by atoms with Crippen molar-refractivity contribution in [3.63, 3.8) is 0 Å². The highest BCUT2D eigenvalue weighted by atomic mass is 16.5. The van der Waals surface area contributed by atoms with Crippen molar-refractivity contribution in [3.8, 4) is 44.9 Å². The first-order chi connectivity index (χ1) is 29.1. The Labute approximate surface area is 345 Å². The molecule has 0 amide bonds. The number of hydrogen-bond acceptors (Lipinski definition) is 2. The van der Waals surface area contributed by atoms with Crippen LogP contribution in [0, 0.1) is 0 Å². The largest absolute Gasteiger partial charge is 0.457 e. The molecule has 2 nitrogen and oxygen atoms in total. The molecular weight excluding hydrogens is 715 g/mol. The lowest BCUT2D eigenvalue weighted by molar-refractivity contribution is 0.436. The molecule has 0 atom stereocenters. The molecule has 1 spiro atoms. The van der Waals surface area contributed by atoms with Crippen LogP contribution in [-0.2, 0) is 10.8 Å². The summed E-state index contributed by atoms with van der Waals surface area (Å²) in [5, 5.41) is 0. The zero-order valence-corrected chi connectivity index (χ0v) is 32.6. The molecule has 0 aromatic heterocycles. The molecule has 12 rings (SSSR count). The Morgan fingerprint density at radius 2 is 0.814 bits per heavy atom. The Hall–Kier alpha value is -7.42. The van der Waals surface area contributed by atoms with E-state index in [4.69, 9.17) is 4.74 Å². The van der Waals surface area contributed by atoms with Crippen molar-refractivity contribution in [2.75, 3.05) is 4.90 Å². The van der Waals surface area contributed by atoms with Crippen LogP contribution in [0.4, 0.5) is 17.1 Å². The van der Waals surface area contributed by atoms with Gasteiger partial charge < -0.3 is 9.64 Å². The summed E-state index contributed by atoms with van der Waals surface area (Å²) < 4.78 is 6.85. The predicted molar refractivity (Wildman–Crippen MR) is 241 cm³/mol. The second-order valence-electron chi connectivity index (χ2n) is 16.1. The van der Waals surface area contributed by atoms with Gasteiger partial charge in [0.15, 0.2) is 0 Å². The maximum atomic E-state index is 6.85. The lowest BCUT2D eigenvalue weighted by Crippen LogP contribution is -2.32. The van der Waals surface area contributed by atoms with Gasteiger partial charge in [-0.3, -0.25) is 0 Å². The van der Waals surface area contributed by atoms with E-state index in [-0.39, 0.29) is 5.41 Å². The fraction of sp³-hybridized carbons (Fsp3) is 0.0526. The fourth-order valence-electron chi connectivity index (χ4n) is 10.6. The highest BCUT2D eigenvalue weighted by Gasteiger charge is 2.51. The molecule has 0 N–H and O–H groups in total. The second-order valence-corrected chi connectivity index (χ2v) is 16.1. The van der Waals surface area contributed by atoms with Crippen molar-refractivity contribution in [2.45, 2.75) is 17.8 Å². The number of para-hydroxylation sites is 1. The summed E-state index contributed by atoms with van der Waals surface area (Å²) in [6.45, 7) is 2.39. The number of anilines is 3. The van der Waals surface area contributed by atoms with Gasteiger partial charge in [-0.25, -0.2) is 0 Å². The lowest BCUT2D eigenvalue weighted by atomic mass is 9.66. The highest BCUT2D eigenvalue weighted by molar-refractivity contribution is 5.90. The zero-order valence-electron chi connectivity index (χ0n) is 32.6. The van der Waals surface area contributed by atoms with Crippen LogP contribution >= 0.6 is 0 Å². The van der Waals surface area contributed by atoms with E-state index in [2.05, 4.69) is 230 Å². The monoisotopic (exact) mass is 753 g/mol. The van der Waals surface area contributed by atoms with Gasteiger partial charge in [-0.2, -0.15) is 0 Å². The fourth-order valence-corrected chi connectivity index (χ4v) is 10.6. The van der Waals surface area contributed by atoms with Gasteiger partial charge in [0.25, 0.3) is 0 Å². The quantitative estimate of drug-likeness (QED) is 0.174. The van der Waals surface area contributed by atoms with Crippen LogP contribution in [0.15, 0.2) is 218 Å². The average molecular weight is 754 g/mol. The second kappa shape index (κ2) is 12.8. The van der Waals surface area contributed by atoms with E-state index in [1.165, 1.54) is 61.2 Å². The Bertz CT molecular complexity index is 3020. The SMILES string of the molecule is CC1(c2cccc(N(c3ccc(-c4ccccc4)cc3)c3ccc4c(c3)C3(c5ccccc5O4)c4ccccc4-c4ccccc43)c2)c2ccccc2-c2ccccc21. The van der Waals surface area contributed by atoms with E-state index in [0.717, 1.165) is 39.7 Å². The molecule has 0 fully saturated rings. The number of benzene rings is 9. The van der Waals surface area contributed by atoms with Crippen LogP contribution in [0.25, 0.3) is 33.4 Å². The Morgan fingerprint density at radius 1 is 0.339 bits per heavy atom. The molecule has 0 unspecified atom stereocenters. The van der Waals surface area contributed by atoms with E-state index < -0.39 is 5.41 Å². The van der Waals surface area contributed by atoms with Crippen molar-refractivity contribution in [2.24, 2.45) is 0 Å². The number of hydrogen-bond donors (Lipinski definition) is 0. The number of fused-ring (bicyclic) bond motifs is 12. The molecule has 278 valence electrons. The van der Waals surface area contributed by atoms with Gasteiger partial charge in [0.05, 0.1) is 5.41 Å². The molecule has 9 aromatic carbocycles. The first-order valence-corrected chi connectivity index (χ1v) is 20.5. The molecule has 0 radical (unpaired) electrons. The summed E-state index contributed by atoms with van der Waals surface area (Å²) in [5.74, 6) is 1.77. The van der Waals surface area contributed by atoms with E-state index in [9.17, 15) is 0 Å². The summed E-state index contributed by atoms with van der Waals surface area (Å²) in [6, 6.07) is 79.9. The molecule has 1 heterocycles. The predicted octanol–water partition coefficient (Wildman–Crippen LogP) is 14.6. The zero-order chi connectivity index (χ0) is 39.1. The molecule has 0 saturated carbocycles. The minimum absolute atomic E-state index is 0.333. The topological polar surface area (TPSA) is 12.5 Å². The van der Waals surface area contributed by atoms with Crippen molar-refractivity contribution >= 4 is 17.1 Å². The van der Waals surface area contributed by atoms with Gasteiger partial charge in [0.2, 0.25) is 0 Å². The minimum Gasteiger partial charge on any atom is -0.457 e. The Morgan fingerprint density at radius 3 is 1.46 bits per heavy atom. The number of nitrogens with zero attached hydrogens (tertiary/aromatic N) is 1. The molecule has 9 aromatic rings. The van der Waals surface area contributed by atoms with Crippen molar-refractivity contribution in [3.05, 3.63) is 257 Å². The van der Waals surface area contributed by atoms with Gasteiger partial charge in [-0.05, 0) is 117 Å². The summed E-state index contributed by atoms with van der Waals surface area (Å²) >= 11 is 0. The maximum Gasteiger partial charge on any atom is 0.132 e. The van der Waals surface area contributed by atoms with E-state index in [0.29, 0.717) is 0 Å². The summed E-state index contributed by atoms with van der Waals surface area (Å²) in [6.07, 6.45) is 0. The smallest absolute Gasteiger partial charge is 0.132 e. The van der Waals surface area contributed by atoms with Crippen LogP contribution < -0.4 is 9.64 Å². The normalized spacial score (nSPS) is 14.3. The van der Waals surface area contributed by atoms with Crippen LogP contribution in [0.3, 0.4) is 0 Å². The highest BCUT2D eigenvalue weighted by Crippen LogP contribution is 2.63. The van der Waals surface area contributed by atoms with Crippen LogP contribution in [0.1, 0.15) is 45.9 Å². The third-order valence-electron chi connectivity index (χ3n) is 13.2. The average Bonchev–Trinajstić information content (AvgIpc) is 3.75. The van der Waals surface area contributed by atoms with E-state index in [1.54, 1.807) is 0 Å². The summed E-state index contributed by atoms with van der Waals surface area (Å²) in [4.78, 5) is 2.43. The molecule has 0 bridgehead atoms. The van der Waals surface area contributed by atoms with Crippen molar-refractivity contribution in [1.29, 1.82) is 0 Å². The van der Waals surface area contributed by atoms with E-state index in [1.807, 2.05) is 0 Å². The molecular formula is C57H39NO. The number of ether oxygens (including phenoxy) is 1. The van der Waals surface area contributed by atoms with Crippen LogP contribution in [0.5, 0.6) is 11.5 Å². The molecule has 59 heavy (non-hydrogen) atoms. The van der Waals surface area contributed by atoms with Gasteiger partial charge in [0.1, 0.15) is 11.5 Å². The molecule has 2 aliphatic carbocycles. The summed E-state index contributed by atoms with van der Waals surface area (Å²) in [7, 11) is 0. The Balaban J connectivity index is 1.09. The third-order valence-corrected chi connectivity index (χ3v) is 13.2. The first-order valence-electron chi connectivity index (χ1n) is 20.5. The minimum atomic E-state index is -0.567. The standard InChI is InChI=1S/C57H39NO/c1-56(48-24-9-5-20-44(48)45-21-6-10-25-49(45)56)40-18-15-19-42(36-40)58(41-32-30-39(31-33-41)38-16-3-2-4-17-38)43-34-35-55-53(37-43)57(52-28-13-14-29-54(52)59-55)50-26-11-7-22-46(50)47-23-8-12-27-51(47)57/h2-37H,1H3. The van der Waals surface area contributed by atoms with Gasteiger partial charge in [0, 0.05) is 33.6 Å². The van der Waals surface area contributed by atoms with Crippen LogP contribution in [0.2, 0.25) is 0 Å². The molecule has 1 aliphatic heterocycles. The van der Waals surface area contributed by atoms with Crippen molar-refractivity contribution in [1.82, 2.24) is 0 Å². The van der Waals surface area contributed by atoms with Gasteiger partial charge in [-0.1, -0.05) is 170 Å². The third kappa shape index (κ3) is 4.75. The summed E-state index contributed by atoms with van der Waals surface area (Å²) in [5.41, 5.74) is 18.7.